The highest BCUT2D eigenvalue weighted by Gasteiger charge is 2.31. The van der Waals surface area contributed by atoms with Crippen molar-refractivity contribution in [1.29, 1.82) is 0 Å². The average molecular weight is 321 g/mol. The van der Waals surface area contributed by atoms with Crippen molar-refractivity contribution in [3.8, 4) is 5.69 Å². The van der Waals surface area contributed by atoms with Crippen LogP contribution in [0.4, 0.5) is 0 Å². The Morgan fingerprint density at radius 2 is 2.12 bits per heavy atom. The van der Waals surface area contributed by atoms with Gasteiger partial charge in [-0.2, -0.15) is 5.10 Å². The highest BCUT2D eigenvalue weighted by molar-refractivity contribution is 5.79. The molecule has 1 saturated heterocycles. The second-order valence-electron chi connectivity index (χ2n) is 6.01. The summed E-state index contributed by atoms with van der Waals surface area (Å²) < 4.78 is 1.80. The van der Waals surface area contributed by atoms with Gasteiger partial charge in [0.1, 0.15) is 5.82 Å². The van der Waals surface area contributed by atoms with Crippen LogP contribution in [0.5, 0.6) is 0 Å². The molecule has 1 aromatic carbocycles. The second kappa shape index (κ2) is 6.31. The van der Waals surface area contributed by atoms with Gasteiger partial charge >= 0.3 is 0 Å². The van der Waals surface area contributed by atoms with Gasteiger partial charge in [-0.1, -0.05) is 12.1 Å². The number of aromatic nitrogens is 4. The van der Waals surface area contributed by atoms with Gasteiger partial charge in [0.2, 0.25) is 5.91 Å². The molecule has 0 aliphatic carbocycles. The largest absolute Gasteiger partial charge is 0.347 e. The van der Waals surface area contributed by atoms with E-state index in [2.05, 4.69) is 15.1 Å². The molecule has 0 bridgehead atoms. The fourth-order valence-corrected chi connectivity index (χ4v) is 3.27. The van der Waals surface area contributed by atoms with E-state index in [1.165, 1.54) is 0 Å². The molecule has 1 atom stereocenters. The van der Waals surface area contributed by atoms with Gasteiger partial charge in [-0.3, -0.25) is 4.79 Å². The summed E-state index contributed by atoms with van der Waals surface area (Å²) in [6, 6.07) is 9.93. The quantitative estimate of drug-likeness (QED) is 0.803. The Morgan fingerprint density at radius 3 is 2.83 bits per heavy atom. The van der Waals surface area contributed by atoms with Crippen LogP contribution >= 0.6 is 0 Å². The van der Waals surface area contributed by atoms with Gasteiger partial charge in [-0.25, -0.2) is 9.67 Å². The number of amides is 1. The molecular weight excluding hydrogens is 302 g/mol. The lowest BCUT2D eigenvalue weighted by molar-refractivity contribution is -0.131. The first-order chi connectivity index (χ1) is 11.8. The molecule has 4 rings (SSSR count). The number of H-pyrrole nitrogens is 1. The molecule has 3 aromatic rings. The van der Waals surface area contributed by atoms with Crippen LogP contribution in [0.25, 0.3) is 5.69 Å². The Hall–Kier alpha value is -2.89. The van der Waals surface area contributed by atoms with Crippen LogP contribution < -0.4 is 0 Å². The number of nitrogens with zero attached hydrogens (tertiary/aromatic N) is 4. The van der Waals surface area contributed by atoms with E-state index in [4.69, 9.17) is 0 Å². The third-order valence-electron chi connectivity index (χ3n) is 4.47. The van der Waals surface area contributed by atoms with Crippen molar-refractivity contribution >= 4 is 5.91 Å². The van der Waals surface area contributed by atoms with E-state index in [1.54, 1.807) is 17.1 Å². The van der Waals surface area contributed by atoms with Crippen LogP contribution in [-0.4, -0.2) is 37.1 Å². The zero-order valence-electron chi connectivity index (χ0n) is 13.3. The van der Waals surface area contributed by atoms with Crippen molar-refractivity contribution in [3.63, 3.8) is 0 Å². The summed E-state index contributed by atoms with van der Waals surface area (Å²) in [4.78, 5) is 22.1. The number of nitrogens with one attached hydrogen (secondary N) is 1. The molecule has 1 amide bonds. The maximum absolute atomic E-state index is 12.7. The molecule has 0 spiro atoms. The topological polar surface area (TPSA) is 66.8 Å². The van der Waals surface area contributed by atoms with E-state index >= 15 is 0 Å². The van der Waals surface area contributed by atoms with Crippen molar-refractivity contribution in [2.45, 2.75) is 25.3 Å². The summed E-state index contributed by atoms with van der Waals surface area (Å²) in [7, 11) is 0. The van der Waals surface area contributed by atoms with Crippen LogP contribution in [0, 0.1) is 0 Å². The third-order valence-corrected chi connectivity index (χ3v) is 4.47. The van der Waals surface area contributed by atoms with Gasteiger partial charge in [-0.05, 0) is 36.6 Å². The lowest BCUT2D eigenvalue weighted by Gasteiger charge is -2.23. The lowest BCUT2D eigenvalue weighted by atomic mass is 10.1. The predicted molar refractivity (Wildman–Crippen MR) is 89.5 cm³/mol. The Labute approximate surface area is 140 Å². The van der Waals surface area contributed by atoms with Crippen LogP contribution in [0.2, 0.25) is 0 Å². The van der Waals surface area contributed by atoms with Gasteiger partial charge in [0, 0.05) is 31.3 Å². The minimum atomic E-state index is 0.0795. The summed E-state index contributed by atoms with van der Waals surface area (Å²) in [6.45, 7) is 0.801. The smallest absolute Gasteiger partial charge is 0.227 e. The Balaban J connectivity index is 1.46. The van der Waals surface area contributed by atoms with E-state index in [0.717, 1.165) is 36.5 Å². The first-order valence-electron chi connectivity index (χ1n) is 8.19. The molecule has 0 radical (unpaired) electrons. The predicted octanol–water partition coefficient (Wildman–Crippen LogP) is 2.50. The number of aromatic amines is 1. The minimum Gasteiger partial charge on any atom is -0.347 e. The molecule has 6 heteroatoms. The summed E-state index contributed by atoms with van der Waals surface area (Å²) in [6.07, 6.45) is 9.61. The normalized spacial score (nSPS) is 17.3. The molecule has 0 saturated carbocycles. The molecule has 122 valence electrons. The molecule has 1 aliphatic rings. The number of rotatable bonds is 4. The number of carbonyl (C=O) groups is 1. The van der Waals surface area contributed by atoms with Gasteiger partial charge < -0.3 is 9.88 Å². The molecule has 2 aromatic heterocycles. The number of hydrogen-bond donors (Lipinski definition) is 1. The standard InChI is InChI=1S/C18H19N5O/c24-17(22-11-1-3-16(22)18-19-9-10-20-18)13-14-4-6-15(7-5-14)23-12-2-8-21-23/h2,4-10,12,16H,1,3,11,13H2,(H,19,20)/t16-/m0/s1. The van der Waals surface area contributed by atoms with E-state index in [1.807, 2.05) is 47.6 Å². The van der Waals surface area contributed by atoms with E-state index in [9.17, 15) is 4.79 Å². The molecule has 1 fully saturated rings. The zero-order valence-corrected chi connectivity index (χ0v) is 13.3. The van der Waals surface area contributed by atoms with Crippen LogP contribution in [-0.2, 0) is 11.2 Å². The van der Waals surface area contributed by atoms with Crippen molar-refractivity contribution in [3.05, 3.63) is 66.5 Å². The number of likely N-dealkylation sites (tertiary alicyclic amines) is 1. The Bertz CT molecular complexity index is 793. The molecule has 1 aliphatic heterocycles. The fraction of sp³-hybridized carbons (Fsp3) is 0.278. The first-order valence-corrected chi connectivity index (χ1v) is 8.19. The van der Waals surface area contributed by atoms with Gasteiger partial charge in [0.25, 0.3) is 0 Å². The third kappa shape index (κ3) is 2.82. The maximum Gasteiger partial charge on any atom is 0.227 e. The zero-order chi connectivity index (χ0) is 16.4. The monoisotopic (exact) mass is 321 g/mol. The molecule has 0 unspecified atom stereocenters. The SMILES string of the molecule is O=C(Cc1ccc(-n2cccn2)cc1)N1CCC[C@H]1c1ncc[nH]1. The second-order valence-corrected chi connectivity index (χ2v) is 6.01. The van der Waals surface area contributed by atoms with E-state index < -0.39 is 0 Å². The number of carbonyl (C=O) groups excluding carboxylic acids is 1. The van der Waals surface area contributed by atoms with Crippen molar-refractivity contribution < 1.29 is 4.79 Å². The molecular formula is C18H19N5O. The van der Waals surface area contributed by atoms with Crippen molar-refractivity contribution in [2.75, 3.05) is 6.54 Å². The average Bonchev–Trinajstić information content (AvgIpc) is 3.35. The Kier molecular flexibility index (Phi) is 3.86. The molecule has 24 heavy (non-hydrogen) atoms. The van der Waals surface area contributed by atoms with Crippen LogP contribution in [0.15, 0.2) is 55.1 Å². The van der Waals surface area contributed by atoms with Crippen molar-refractivity contribution in [2.24, 2.45) is 0 Å². The van der Waals surface area contributed by atoms with Crippen LogP contribution in [0.3, 0.4) is 0 Å². The highest BCUT2D eigenvalue weighted by atomic mass is 16.2. The minimum absolute atomic E-state index is 0.0795. The summed E-state index contributed by atoms with van der Waals surface area (Å²) in [5, 5.41) is 4.21. The Morgan fingerprint density at radius 1 is 1.25 bits per heavy atom. The summed E-state index contributed by atoms with van der Waals surface area (Å²) in [5.41, 5.74) is 2.01. The van der Waals surface area contributed by atoms with Crippen LogP contribution in [0.1, 0.15) is 30.3 Å². The number of imidazole rings is 1. The number of hydrogen-bond acceptors (Lipinski definition) is 3. The first kappa shape index (κ1) is 14.7. The molecule has 1 N–H and O–H groups in total. The van der Waals surface area contributed by atoms with Gasteiger partial charge in [-0.15, -0.1) is 0 Å². The number of benzene rings is 1. The molecule has 6 nitrogen and oxygen atoms in total. The lowest BCUT2D eigenvalue weighted by Crippen LogP contribution is -2.32. The van der Waals surface area contributed by atoms with Crippen molar-refractivity contribution in [1.82, 2.24) is 24.6 Å². The fourth-order valence-electron chi connectivity index (χ4n) is 3.27. The summed E-state index contributed by atoms with van der Waals surface area (Å²) >= 11 is 0. The molecule has 3 heterocycles. The van der Waals surface area contributed by atoms with E-state index in [-0.39, 0.29) is 11.9 Å². The van der Waals surface area contributed by atoms with Gasteiger partial charge in [0.15, 0.2) is 0 Å². The van der Waals surface area contributed by atoms with E-state index in [0.29, 0.717) is 6.42 Å². The van der Waals surface area contributed by atoms with Gasteiger partial charge in [0.05, 0.1) is 18.2 Å². The highest BCUT2D eigenvalue weighted by Crippen LogP contribution is 2.30. The maximum atomic E-state index is 12.7. The summed E-state index contributed by atoms with van der Waals surface area (Å²) in [5.74, 6) is 1.04.